The van der Waals surface area contributed by atoms with Gasteiger partial charge in [-0.2, -0.15) is 0 Å². The molecule has 9 heavy (non-hydrogen) atoms. The monoisotopic (exact) mass is 118 g/mol. The molecule has 0 aromatic carbocycles. The molecule has 0 aromatic heterocycles. The van der Waals surface area contributed by atoms with Gasteiger partial charge in [-0.3, -0.25) is 0 Å². The maximum atomic E-state index is 10.7. The van der Waals surface area contributed by atoms with E-state index in [-0.39, 0.29) is 25.0 Å². The standard InChI is InChI=1S/C7H11O.Li/c1-6-3-2-4-7(8)5-6;/h3,7H,2,4-5H2,1H3;/q-1;+1. The van der Waals surface area contributed by atoms with Crippen LogP contribution >= 0.6 is 0 Å². The van der Waals surface area contributed by atoms with Gasteiger partial charge in [-0.15, -0.1) is 6.10 Å². The van der Waals surface area contributed by atoms with Gasteiger partial charge in [0.05, 0.1) is 0 Å². The minimum Gasteiger partial charge on any atom is -0.852 e. The van der Waals surface area contributed by atoms with Crippen LogP contribution in [0, 0.1) is 0 Å². The van der Waals surface area contributed by atoms with Crippen molar-refractivity contribution >= 4 is 0 Å². The summed E-state index contributed by atoms with van der Waals surface area (Å²) in [7, 11) is 0. The minimum atomic E-state index is -0.306. The molecule has 0 saturated heterocycles. The van der Waals surface area contributed by atoms with Crippen molar-refractivity contribution in [2.45, 2.75) is 32.3 Å². The van der Waals surface area contributed by atoms with E-state index >= 15 is 0 Å². The molecule has 1 unspecified atom stereocenters. The zero-order valence-electron chi connectivity index (χ0n) is 6.18. The van der Waals surface area contributed by atoms with Gasteiger partial charge in [0.25, 0.3) is 0 Å². The fraction of sp³-hybridized carbons (Fsp3) is 0.714. The quantitative estimate of drug-likeness (QED) is 0.263. The van der Waals surface area contributed by atoms with Crippen LogP contribution in [-0.2, 0) is 0 Å². The first-order chi connectivity index (χ1) is 3.79. The summed E-state index contributed by atoms with van der Waals surface area (Å²) in [6.45, 7) is 2.03. The second-order valence-electron chi connectivity index (χ2n) is 2.45. The SMILES string of the molecule is CC1=CCCC([O-])C1.[Li+]. The van der Waals surface area contributed by atoms with Gasteiger partial charge in [0.15, 0.2) is 0 Å². The third-order valence-electron chi connectivity index (χ3n) is 1.53. The molecule has 0 radical (unpaired) electrons. The van der Waals surface area contributed by atoms with E-state index < -0.39 is 0 Å². The summed E-state index contributed by atoms with van der Waals surface area (Å²) in [4.78, 5) is 0. The van der Waals surface area contributed by atoms with Crippen molar-refractivity contribution in [3.8, 4) is 0 Å². The molecule has 1 nitrogen and oxygen atoms in total. The second-order valence-corrected chi connectivity index (χ2v) is 2.45. The topological polar surface area (TPSA) is 23.1 Å². The molecule has 0 spiro atoms. The third-order valence-corrected chi connectivity index (χ3v) is 1.53. The van der Waals surface area contributed by atoms with Gasteiger partial charge in [0.1, 0.15) is 0 Å². The zero-order valence-corrected chi connectivity index (χ0v) is 6.18. The Morgan fingerprint density at radius 3 is 2.67 bits per heavy atom. The molecule has 1 aliphatic carbocycles. The normalized spacial score (nSPS) is 26.4. The second kappa shape index (κ2) is 4.17. The molecule has 0 amide bonds. The first kappa shape index (κ1) is 9.30. The first-order valence-electron chi connectivity index (χ1n) is 3.10. The van der Waals surface area contributed by atoms with Crippen molar-refractivity contribution in [3.05, 3.63) is 11.6 Å². The van der Waals surface area contributed by atoms with Crippen LogP contribution < -0.4 is 24.0 Å². The van der Waals surface area contributed by atoms with Gasteiger partial charge in [-0.05, 0) is 19.8 Å². The average molecular weight is 118 g/mol. The van der Waals surface area contributed by atoms with E-state index in [1.165, 1.54) is 5.57 Å². The minimum absolute atomic E-state index is 0. The smallest absolute Gasteiger partial charge is 0.852 e. The van der Waals surface area contributed by atoms with Crippen LogP contribution in [0.1, 0.15) is 26.2 Å². The van der Waals surface area contributed by atoms with Gasteiger partial charge >= 0.3 is 18.9 Å². The molecular weight excluding hydrogens is 107 g/mol. The van der Waals surface area contributed by atoms with Crippen LogP contribution in [0.2, 0.25) is 0 Å². The summed E-state index contributed by atoms with van der Waals surface area (Å²) < 4.78 is 0. The van der Waals surface area contributed by atoms with Crippen molar-refractivity contribution in [1.82, 2.24) is 0 Å². The molecule has 0 fully saturated rings. The Hall–Kier alpha value is 0.297. The molecule has 0 heterocycles. The molecule has 0 aliphatic heterocycles. The Labute approximate surface area is 68.3 Å². The predicted octanol–water partition coefficient (Wildman–Crippen LogP) is -2.15. The Kier molecular flexibility index (Phi) is 4.30. The van der Waals surface area contributed by atoms with E-state index in [4.69, 9.17) is 0 Å². The van der Waals surface area contributed by atoms with E-state index in [2.05, 4.69) is 6.08 Å². The van der Waals surface area contributed by atoms with E-state index in [9.17, 15) is 5.11 Å². The first-order valence-corrected chi connectivity index (χ1v) is 3.10. The van der Waals surface area contributed by atoms with E-state index in [0.29, 0.717) is 0 Å². The Morgan fingerprint density at radius 1 is 1.67 bits per heavy atom. The van der Waals surface area contributed by atoms with Crippen LogP contribution in [0.5, 0.6) is 0 Å². The maximum absolute atomic E-state index is 10.7. The third kappa shape index (κ3) is 3.10. The van der Waals surface area contributed by atoms with Gasteiger partial charge in [0.2, 0.25) is 0 Å². The molecule has 46 valence electrons. The maximum Gasteiger partial charge on any atom is 1.00 e. The number of hydrogen-bond acceptors (Lipinski definition) is 1. The number of rotatable bonds is 0. The van der Waals surface area contributed by atoms with Crippen molar-refractivity contribution in [2.24, 2.45) is 0 Å². The van der Waals surface area contributed by atoms with Crippen molar-refractivity contribution in [2.75, 3.05) is 0 Å². The molecule has 2 heteroatoms. The van der Waals surface area contributed by atoms with E-state index in [1.807, 2.05) is 6.92 Å². The van der Waals surface area contributed by atoms with Crippen LogP contribution in [0.4, 0.5) is 0 Å². The Balaban J connectivity index is 0.000000640. The summed E-state index contributed by atoms with van der Waals surface area (Å²) >= 11 is 0. The molecule has 1 rings (SSSR count). The molecule has 0 aromatic rings. The largest absolute Gasteiger partial charge is 1.00 e. The summed E-state index contributed by atoms with van der Waals surface area (Å²) in [6, 6.07) is 0. The number of hydrogen-bond donors (Lipinski definition) is 0. The molecular formula is C7H11LiO. The van der Waals surface area contributed by atoms with Crippen molar-refractivity contribution in [3.63, 3.8) is 0 Å². The molecule has 0 N–H and O–H groups in total. The Bertz CT molecular complexity index is 109. The van der Waals surface area contributed by atoms with Crippen molar-refractivity contribution < 1.29 is 24.0 Å². The van der Waals surface area contributed by atoms with E-state index in [1.54, 1.807) is 0 Å². The van der Waals surface area contributed by atoms with Gasteiger partial charge < -0.3 is 5.11 Å². The average Bonchev–Trinajstić information content (AvgIpc) is 1.64. The van der Waals surface area contributed by atoms with E-state index in [0.717, 1.165) is 19.3 Å². The summed E-state index contributed by atoms with van der Waals surface area (Å²) in [5, 5.41) is 10.7. The summed E-state index contributed by atoms with van der Waals surface area (Å²) in [6.07, 6.45) is 4.48. The summed E-state index contributed by atoms with van der Waals surface area (Å²) in [5.74, 6) is 0. The van der Waals surface area contributed by atoms with Crippen LogP contribution in [0.15, 0.2) is 11.6 Å². The van der Waals surface area contributed by atoms with Crippen molar-refractivity contribution in [1.29, 1.82) is 0 Å². The van der Waals surface area contributed by atoms with Gasteiger partial charge in [0, 0.05) is 0 Å². The van der Waals surface area contributed by atoms with Gasteiger partial charge in [-0.25, -0.2) is 0 Å². The molecule has 1 aliphatic rings. The summed E-state index contributed by atoms with van der Waals surface area (Å²) in [5.41, 5.74) is 1.27. The van der Waals surface area contributed by atoms with Crippen LogP contribution in [-0.4, -0.2) is 6.10 Å². The van der Waals surface area contributed by atoms with Crippen LogP contribution in [0.25, 0.3) is 0 Å². The molecule has 0 saturated carbocycles. The zero-order chi connectivity index (χ0) is 5.98. The van der Waals surface area contributed by atoms with Gasteiger partial charge in [-0.1, -0.05) is 18.1 Å². The molecule has 0 bridgehead atoms. The fourth-order valence-electron chi connectivity index (χ4n) is 1.06. The fourth-order valence-corrected chi connectivity index (χ4v) is 1.06. The predicted molar refractivity (Wildman–Crippen MR) is 31.4 cm³/mol. The molecule has 1 atom stereocenters. The number of allylic oxidation sites excluding steroid dienone is 1. The van der Waals surface area contributed by atoms with Crippen LogP contribution in [0.3, 0.4) is 0 Å². The Morgan fingerprint density at radius 2 is 2.33 bits per heavy atom.